The fourth-order valence-corrected chi connectivity index (χ4v) is 7.25. The molecule has 0 bridgehead atoms. The molecule has 4 rings (SSSR count). The zero-order chi connectivity index (χ0) is 27.1. The van der Waals surface area contributed by atoms with E-state index >= 15 is 4.39 Å². The van der Waals surface area contributed by atoms with E-state index in [1.54, 1.807) is 6.07 Å². The zero-order valence-electron chi connectivity index (χ0n) is 21.7. The Bertz CT molecular complexity index is 1480. The summed E-state index contributed by atoms with van der Waals surface area (Å²) >= 11 is 6.96. The number of pyridine rings is 1. The van der Waals surface area contributed by atoms with Gasteiger partial charge in [0.25, 0.3) is 0 Å². The Hall–Kier alpha value is -1.72. The van der Waals surface area contributed by atoms with Crippen molar-refractivity contribution in [3.8, 4) is 11.3 Å². The lowest BCUT2D eigenvalue weighted by atomic mass is 9.94. The van der Waals surface area contributed by atoms with Crippen molar-refractivity contribution in [3.05, 3.63) is 74.7 Å². The number of nitrogens with one attached hydrogen (secondary N) is 1. The molecule has 0 saturated heterocycles. The van der Waals surface area contributed by atoms with Gasteiger partial charge >= 0.3 is 0 Å². The summed E-state index contributed by atoms with van der Waals surface area (Å²) < 4.78 is 39.0. The highest BCUT2D eigenvalue weighted by Crippen LogP contribution is 2.36. The third kappa shape index (κ3) is 6.30. The first-order chi connectivity index (χ1) is 17.3. The first-order valence-electron chi connectivity index (χ1n) is 11.9. The topological polar surface area (TPSA) is 68.0 Å². The van der Waals surface area contributed by atoms with Gasteiger partial charge in [-0.05, 0) is 71.7 Å². The number of halogens is 3. The van der Waals surface area contributed by atoms with Gasteiger partial charge in [-0.15, -0.1) is 0 Å². The van der Waals surface area contributed by atoms with E-state index in [0.29, 0.717) is 26.8 Å². The maximum absolute atomic E-state index is 15.8. The Morgan fingerprint density at radius 3 is 2.49 bits per heavy atom. The Morgan fingerprint density at radius 2 is 1.81 bits per heavy atom. The summed E-state index contributed by atoms with van der Waals surface area (Å²) in [6.45, 7) is 12.0. The third-order valence-corrected chi connectivity index (χ3v) is 10.5. The number of aromatic nitrogens is 2. The van der Waals surface area contributed by atoms with Gasteiger partial charge in [0.2, 0.25) is 0 Å². The van der Waals surface area contributed by atoms with E-state index in [4.69, 9.17) is 4.52 Å². The Labute approximate surface area is 237 Å². The summed E-state index contributed by atoms with van der Waals surface area (Å²) in [5, 5.41) is 5.94. The number of hydrogen-bond donors (Lipinski definition) is 1. The van der Waals surface area contributed by atoms with Crippen molar-refractivity contribution >= 4 is 67.1 Å². The fraction of sp³-hybridized carbons (Fsp3) is 0.333. The van der Waals surface area contributed by atoms with Crippen molar-refractivity contribution in [1.82, 2.24) is 14.9 Å². The van der Waals surface area contributed by atoms with Crippen molar-refractivity contribution in [2.75, 3.05) is 0 Å². The van der Waals surface area contributed by atoms with Crippen LogP contribution in [0.25, 0.3) is 22.2 Å². The zero-order valence-corrected chi connectivity index (χ0v) is 26.6. The third-order valence-electron chi connectivity index (χ3n) is 6.03. The second kappa shape index (κ2) is 10.8. The standard InChI is InChI=1S/C27H30Br2FN3O2SSi/c1-27(2,3)36(34)33-20(14-21-25(30)23(37(4,5)6)15-24(29)31-21)17-9-7-8-10-18(17)26-19-12-11-16(28)13-22(19)35-32-26/h7-13,15,20,33H,14H2,1-6H3/t20-,36-/m0/s1. The molecule has 5 nitrogen and oxygen atoms in total. The first kappa shape index (κ1) is 28.3. The summed E-state index contributed by atoms with van der Waals surface area (Å²) in [5.41, 5.74) is 3.33. The van der Waals surface area contributed by atoms with Crippen molar-refractivity contribution in [3.63, 3.8) is 0 Å². The maximum atomic E-state index is 15.8. The van der Waals surface area contributed by atoms with Crippen LogP contribution in [0.3, 0.4) is 0 Å². The molecule has 0 aliphatic rings. The van der Waals surface area contributed by atoms with E-state index in [1.165, 1.54) is 0 Å². The highest BCUT2D eigenvalue weighted by molar-refractivity contribution is 9.10. The Balaban J connectivity index is 1.86. The maximum Gasteiger partial charge on any atom is 0.168 e. The van der Waals surface area contributed by atoms with Crippen molar-refractivity contribution in [2.45, 2.75) is 57.6 Å². The number of nitrogens with zero attached hydrogens (tertiary/aromatic N) is 2. The van der Waals surface area contributed by atoms with Gasteiger partial charge in [0.1, 0.15) is 16.1 Å². The van der Waals surface area contributed by atoms with Crippen LogP contribution in [0.5, 0.6) is 0 Å². The average Bonchev–Trinajstić information content (AvgIpc) is 3.22. The Kier molecular flexibility index (Phi) is 8.26. The fourth-order valence-electron chi connectivity index (χ4n) is 4.07. The molecule has 0 radical (unpaired) electrons. The van der Waals surface area contributed by atoms with Crippen LogP contribution >= 0.6 is 31.9 Å². The summed E-state index contributed by atoms with van der Waals surface area (Å²) in [4.78, 5) is 4.52. The predicted molar refractivity (Wildman–Crippen MR) is 159 cm³/mol. The van der Waals surface area contributed by atoms with E-state index in [0.717, 1.165) is 21.0 Å². The number of rotatable bonds is 7. The molecule has 0 spiro atoms. The molecule has 2 aromatic carbocycles. The molecule has 0 aliphatic heterocycles. The monoisotopic (exact) mass is 665 g/mol. The van der Waals surface area contributed by atoms with Crippen LogP contribution in [0.2, 0.25) is 19.6 Å². The lowest BCUT2D eigenvalue weighted by Crippen LogP contribution is -2.41. The molecule has 2 heterocycles. The first-order valence-corrected chi connectivity index (χ1v) is 18.2. The average molecular weight is 668 g/mol. The molecule has 0 unspecified atom stereocenters. The molecule has 0 fully saturated rings. The summed E-state index contributed by atoms with van der Waals surface area (Å²) in [5.74, 6) is -0.287. The molecular formula is C27H30Br2FN3O2SSi. The molecule has 2 aromatic heterocycles. The molecule has 0 saturated carbocycles. The molecule has 196 valence electrons. The molecule has 0 amide bonds. The smallest absolute Gasteiger partial charge is 0.168 e. The molecule has 0 aliphatic carbocycles. The number of benzene rings is 2. The van der Waals surface area contributed by atoms with Gasteiger partial charge in [0.15, 0.2) is 5.58 Å². The van der Waals surface area contributed by atoms with Crippen LogP contribution < -0.4 is 9.91 Å². The predicted octanol–water partition coefficient (Wildman–Crippen LogP) is 7.43. The SMILES string of the molecule is CC(C)(C)[S@](=O)N[C@@H](Cc1nc(Br)cc([Si](C)(C)C)c1F)c1ccccc1-c1noc2cc(Br)ccc12. The highest BCUT2D eigenvalue weighted by atomic mass is 79.9. The largest absolute Gasteiger partial charge is 0.356 e. The molecule has 1 N–H and O–H groups in total. The molecule has 37 heavy (non-hydrogen) atoms. The minimum absolute atomic E-state index is 0.211. The van der Waals surface area contributed by atoms with Crippen LogP contribution in [-0.4, -0.2) is 27.2 Å². The molecular weight excluding hydrogens is 637 g/mol. The van der Waals surface area contributed by atoms with E-state index in [9.17, 15) is 4.21 Å². The van der Waals surface area contributed by atoms with E-state index in [-0.39, 0.29) is 12.2 Å². The van der Waals surface area contributed by atoms with Gasteiger partial charge < -0.3 is 4.52 Å². The van der Waals surface area contributed by atoms with E-state index in [2.05, 4.69) is 66.4 Å². The molecule has 4 aromatic rings. The van der Waals surface area contributed by atoms with E-state index in [1.807, 2.05) is 63.2 Å². The lowest BCUT2D eigenvalue weighted by Gasteiger charge is -2.27. The Morgan fingerprint density at radius 1 is 1.11 bits per heavy atom. The minimum Gasteiger partial charge on any atom is -0.356 e. The van der Waals surface area contributed by atoms with Crippen molar-refractivity contribution in [1.29, 1.82) is 0 Å². The van der Waals surface area contributed by atoms with Gasteiger partial charge in [-0.1, -0.05) is 65.0 Å². The second-order valence-electron chi connectivity index (χ2n) is 11.0. The van der Waals surface area contributed by atoms with Gasteiger partial charge in [-0.2, -0.15) is 0 Å². The minimum atomic E-state index is -1.97. The molecule has 10 heteroatoms. The highest BCUT2D eigenvalue weighted by Gasteiger charge is 2.30. The number of fused-ring (bicyclic) bond motifs is 1. The van der Waals surface area contributed by atoms with Crippen LogP contribution in [0, 0.1) is 5.82 Å². The number of hydrogen-bond acceptors (Lipinski definition) is 4. The van der Waals surface area contributed by atoms with Gasteiger partial charge in [-0.25, -0.2) is 18.3 Å². The second-order valence-corrected chi connectivity index (χ2v) is 19.8. The summed E-state index contributed by atoms with van der Waals surface area (Å²) in [6.07, 6.45) is 0.211. The van der Waals surface area contributed by atoms with Crippen LogP contribution in [-0.2, 0) is 17.4 Å². The van der Waals surface area contributed by atoms with Gasteiger partial charge in [-0.3, -0.25) is 0 Å². The molecule has 2 atom stereocenters. The van der Waals surface area contributed by atoms with Crippen LogP contribution in [0.15, 0.2) is 62.1 Å². The summed E-state index contributed by atoms with van der Waals surface area (Å²) in [7, 11) is -3.39. The van der Waals surface area contributed by atoms with E-state index < -0.39 is 29.8 Å². The quantitative estimate of drug-likeness (QED) is 0.165. The summed E-state index contributed by atoms with van der Waals surface area (Å²) in [6, 6.07) is 14.8. The van der Waals surface area contributed by atoms with Crippen molar-refractivity contribution < 1.29 is 13.1 Å². The normalized spacial score (nSPS) is 14.2. The van der Waals surface area contributed by atoms with Crippen LogP contribution in [0.1, 0.15) is 38.1 Å². The van der Waals surface area contributed by atoms with Crippen LogP contribution in [0.4, 0.5) is 4.39 Å². The van der Waals surface area contributed by atoms with Crippen molar-refractivity contribution in [2.24, 2.45) is 0 Å². The van der Waals surface area contributed by atoms with Gasteiger partial charge in [0.05, 0.1) is 35.5 Å². The lowest BCUT2D eigenvalue weighted by molar-refractivity contribution is 0.459. The van der Waals surface area contributed by atoms with Gasteiger partial charge in [0, 0.05) is 21.8 Å².